The van der Waals surface area contributed by atoms with Crippen LogP contribution < -0.4 is 14.0 Å². The largest absolute Gasteiger partial charge is 0.348 e. The highest BCUT2D eigenvalue weighted by Crippen LogP contribution is 2.42. The van der Waals surface area contributed by atoms with Crippen molar-refractivity contribution < 1.29 is 32.3 Å². The fraction of sp³-hybridized carbons (Fsp3) is 0.588. The van der Waals surface area contributed by atoms with Crippen LogP contribution in [0, 0.1) is 5.82 Å². The van der Waals surface area contributed by atoms with Gasteiger partial charge in [-0.1, -0.05) is 13.8 Å². The average molecular weight is 404 g/mol. The van der Waals surface area contributed by atoms with Gasteiger partial charge in [0, 0.05) is 17.4 Å². The van der Waals surface area contributed by atoms with E-state index in [1.807, 2.05) is 13.8 Å². The minimum Gasteiger partial charge on any atom is -0.348 e. The molecule has 2 heterocycles. The van der Waals surface area contributed by atoms with Crippen LogP contribution in [0.4, 0.5) is 14.6 Å². The summed E-state index contributed by atoms with van der Waals surface area (Å²) >= 11 is -1.98. The molecule has 1 amide bonds. The number of rotatable bonds is 2. The summed E-state index contributed by atoms with van der Waals surface area (Å²) in [6, 6.07) is 1.39. The van der Waals surface area contributed by atoms with Gasteiger partial charge in [-0.25, -0.2) is 8.60 Å². The van der Waals surface area contributed by atoms with Gasteiger partial charge in [0.25, 0.3) is 5.91 Å². The summed E-state index contributed by atoms with van der Waals surface area (Å²) in [5.74, 6) is -2.41. The van der Waals surface area contributed by atoms with Crippen molar-refractivity contribution in [3.63, 3.8) is 0 Å². The van der Waals surface area contributed by atoms with E-state index in [0.717, 1.165) is 4.31 Å². The molecule has 7 nitrogen and oxygen atoms in total. The third-order valence-corrected chi connectivity index (χ3v) is 5.88. The summed E-state index contributed by atoms with van der Waals surface area (Å²) < 4.78 is 54.7. The summed E-state index contributed by atoms with van der Waals surface area (Å²) in [5, 5.41) is 0. The smallest absolute Gasteiger partial charge is 0.253 e. The summed E-state index contributed by atoms with van der Waals surface area (Å²) in [6.45, 7) is 4.64. The topological polar surface area (TPSA) is 77.1 Å². The van der Waals surface area contributed by atoms with Crippen LogP contribution in [-0.2, 0) is 38.3 Å². The number of fused-ring (bicyclic) bond motifs is 1. The molecule has 2 fully saturated rings. The Hall–Kier alpha value is -1.78. The number of amides is 1. The first kappa shape index (κ1) is 20.0. The Morgan fingerprint density at radius 3 is 2.52 bits per heavy atom. The maximum atomic E-state index is 15.2. The second-order valence-electron chi connectivity index (χ2n) is 6.17. The molecule has 2 saturated heterocycles. The molecule has 0 bridgehead atoms. The summed E-state index contributed by atoms with van der Waals surface area (Å²) in [5.41, 5.74) is 0.652. The lowest BCUT2D eigenvalue weighted by molar-refractivity contribution is -0.164. The zero-order valence-corrected chi connectivity index (χ0v) is 16.0. The van der Waals surface area contributed by atoms with Gasteiger partial charge in [-0.2, -0.15) is 0 Å². The van der Waals surface area contributed by atoms with Crippen molar-refractivity contribution in [3.8, 4) is 5.75 Å². The zero-order valence-electron chi connectivity index (χ0n) is 15.2. The molecule has 0 radical (unpaired) electrons. The number of aryl methyl sites for hydroxylation is 1. The van der Waals surface area contributed by atoms with Crippen molar-refractivity contribution in [1.29, 1.82) is 0 Å². The lowest BCUT2D eigenvalue weighted by atomic mass is 10.0. The number of hydrogen-bond donors (Lipinski definition) is 1. The second-order valence-corrected chi connectivity index (χ2v) is 7.31. The number of carbonyl (C=O) groups is 1. The molecule has 1 atom stereocenters. The first-order valence-corrected chi connectivity index (χ1v) is 10.0. The molecule has 10 heteroatoms. The number of nitrogens with one attached hydrogen (secondary N) is 1. The molecule has 4 rings (SSSR count). The Balaban J connectivity index is 0.00000102. The molecule has 0 saturated carbocycles. The number of benzene rings is 1. The van der Waals surface area contributed by atoms with Crippen LogP contribution in [0.3, 0.4) is 0 Å². The van der Waals surface area contributed by atoms with Crippen molar-refractivity contribution in [3.05, 3.63) is 23.0 Å². The van der Waals surface area contributed by atoms with E-state index >= 15 is 4.39 Å². The highest BCUT2D eigenvalue weighted by atomic mass is 32.2. The SMILES string of the molecule is CC.O=C1CN(c2c(OF)cc3c(c2F)CCC2(CC3)OCCO2)S(=O)N1. The summed E-state index contributed by atoms with van der Waals surface area (Å²) in [6.07, 6.45) is 1.75. The number of anilines is 1. The lowest BCUT2D eigenvalue weighted by Crippen LogP contribution is -2.30. The van der Waals surface area contributed by atoms with Gasteiger partial charge in [-0.3, -0.25) is 18.8 Å². The fourth-order valence-electron chi connectivity index (χ4n) is 3.58. The quantitative estimate of drug-likeness (QED) is 0.818. The van der Waals surface area contributed by atoms with Crippen molar-refractivity contribution in [2.45, 2.75) is 45.3 Å². The fourth-order valence-corrected chi connectivity index (χ4v) is 4.52. The average Bonchev–Trinajstić information content (AvgIpc) is 3.21. The number of halogens is 2. The third-order valence-electron chi connectivity index (χ3n) is 4.76. The molecular weight excluding hydrogens is 382 g/mol. The molecule has 1 aromatic rings. The molecule has 3 aliphatic rings. The van der Waals surface area contributed by atoms with Gasteiger partial charge < -0.3 is 9.47 Å². The molecule has 27 heavy (non-hydrogen) atoms. The van der Waals surface area contributed by atoms with E-state index in [4.69, 9.17) is 9.47 Å². The van der Waals surface area contributed by atoms with Crippen LogP contribution >= 0.6 is 0 Å². The highest BCUT2D eigenvalue weighted by molar-refractivity contribution is 7.85. The number of carbonyl (C=O) groups excluding carboxylic acids is 1. The highest BCUT2D eigenvalue weighted by Gasteiger charge is 2.40. The predicted molar refractivity (Wildman–Crippen MR) is 94.4 cm³/mol. The van der Waals surface area contributed by atoms with Crippen LogP contribution in [0.15, 0.2) is 6.07 Å². The van der Waals surface area contributed by atoms with Crippen molar-refractivity contribution in [2.24, 2.45) is 0 Å². The Kier molecular flexibility index (Phi) is 5.97. The standard InChI is InChI=1S/C15H16F2N2O5S.C2H6/c16-13-10-2-4-15(22-5-6-23-15)3-1-9(10)7-11(24-17)14(13)19-8-12(20)18-25(19)21;1-2/h7H,1-6,8H2,(H,18,20);1-2H3. The van der Waals surface area contributed by atoms with Gasteiger partial charge >= 0.3 is 0 Å². The molecular formula is C17H22F2N2O5S. The third kappa shape index (κ3) is 3.65. The van der Waals surface area contributed by atoms with E-state index in [-0.39, 0.29) is 12.2 Å². The zero-order chi connectivity index (χ0) is 19.6. The van der Waals surface area contributed by atoms with E-state index in [1.54, 1.807) is 0 Å². The van der Waals surface area contributed by atoms with Crippen molar-refractivity contribution >= 4 is 22.8 Å². The number of hydrogen-bond acceptors (Lipinski definition) is 5. The Morgan fingerprint density at radius 1 is 1.26 bits per heavy atom. The molecule has 1 N–H and O–H groups in total. The Bertz CT molecular complexity index is 755. The lowest BCUT2D eigenvalue weighted by Gasteiger charge is -2.25. The van der Waals surface area contributed by atoms with Crippen LogP contribution in [-0.4, -0.2) is 35.7 Å². The number of ether oxygens (including phenoxy) is 2. The van der Waals surface area contributed by atoms with E-state index < -0.39 is 34.4 Å². The first-order valence-electron chi connectivity index (χ1n) is 8.93. The van der Waals surface area contributed by atoms with Crippen molar-refractivity contribution in [1.82, 2.24) is 4.72 Å². The molecule has 2 aliphatic heterocycles. The minimum atomic E-state index is -1.98. The maximum Gasteiger partial charge on any atom is 0.253 e. The Morgan fingerprint density at radius 2 is 1.93 bits per heavy atom. The minimum absolute atomic E-state index is 0.317. The van der Waals surface area contributed by atoms with Crippen LogP contribution in [0.1, 0.15) is 37.8 Å². The number of nitrogens with zero attached hydrogens (tertiary/aromatic N) is 1. The van der Waals surface area contributed by atoms with Crippen molar-refractivity contribution in [2.75, 3.05) is 24.1 Å². The van der Waals surface area contributed by atoms with Crippen LogP contribution in [0.25, 0.3) is 0 Å². The van der Waals surface area contributed by atoms with Gasteiger partial charge in [0.15, 0.2) is 17.4 Å². The first-order chi connectivity index (χ1) is 13.0. The summed E-state index contributed by atoms with van der Waals surface area (Å²) in [4.78, 5) is 15.3. The molecule has 1 aromatic carbocycles. The van der Waals surface area contributed by atoms with Gasteiger partial charge in [-0.05, 0) is 30.0 Å². The normalized spacial score (nSPS) is 23.3. The molecule has 1 aliphatic carbocycles. The van der Waals surface area contributed by atoms with Crippen LogP contribution in [0.5, 0.6) is 5.75 Å². The monoisotopic (exact) mass is 404 g/mol. The Labute approximate surface area is 158 Å². The van der Waals surface area contributed by atoms with Gasteiger partial charge in [0.1, 0.15) is 12.2 Å². The van der Waals surface area contributed by atoms with E-state index in [0.29, 0.717) is 50.0 Å². The van der Waals surface area contributed by atoms with Gasteiger partial charge in [0.2, 0.25) is 11.2 Å². The van der Waals surface area contributed by atoms with Gasteiger partial charge in [0.05, 0.1) is 13.2 Å². The second kappa shape index (κ2) is 8.07. The molecule has 1 spiro atoms. The predicted octanol–water partition coefficient (Wildman–Crippen LogP) is 2.25. The van der Waals surface area contributed by atoms with E-state index in [9.17, 15) is 13.5 Å². The maximum absolute atomic E-state index is 15.2. The molecule has 0 aromatic heterocycles. The summed E-state index contributed by atoms with van der Waals surface area (Å²) in [7, 11) is 0. The van der Waals surface area contributed by atoms with E-state index in [2.05, 4.69) is 9.66 Å². The molecule has 1 unspecified atom stereocenters. The molecule has 150 valence electrons. The van der Waals surface area contributed by atoms with Gasteiger partial charge in [-0.15, -0.1) is 0 Å². The van der Waals surface area contributed by atoms with Crippen LogP contribution in [0.2, 0.25) is 0 Å². The van der Waals surface area contributed by atoms with E-state index in [1.165, 1.54) is 6.07 Å².